The fourth-order valence-corrected chi connectivity index (χ4v) is 2.25. The maximum Gasteiger partial charge on any atom is 0.417 e. The Hall–Kier alpha value is -2.34. The molecule has 0 radical (unpaired) electrons. The van der Waals surface area contributed by atoms with Crippen molar-refractivity contribution in [2.75, 3.05) is 5.73 Å². The summed E-state index contributed by atoms with van der Waals surface area (Å²) in [6, 6.07) is 9.23. The molecule has 0 aromatic heterocycles. The molecule has 0 atom stereocenters. The highest BCUT2D eigenvalue weighted by atomic mass is 35.5. The fourth-order valence-electron chi connectivity index (χ4n) is 1.99. The first kappa shape index (κ1) is 16.0. The molecular weight excluding hydrogens is 317 g/mol. The number of halogens is 4. The van der Waals surface area contributed by atoms with Crippen molar-refractivity contribution in [1.29, 1.82) is 0 Å². The summed E-state index contributed by atoms with van der Waals surface area (Å²) in [6.07, 6.45) is -4.72. The van der Waals surface area contributed by atoms with E-state index in [0.29, 0.717) is 0 Å². The van der Waals surface area contributed by atoms with Gasteiger partial charge in [0.2, 0.25) is 0 Å². The molecule has 22 heavy (non-hydrogen) atoms. The third-order valence-corrected chi connectivity index (χ3v) is 3.36. The number of para-hydroxylation sites is 1. The van der Waals surface area contributed by atoms with Crippen LogP contribution in [-0.4, -0.2) is 11.5 Å². The van der Waals surface area contributed by atoms with E-state index in [1.54, 1.807) is 12.1 Å². The maximum atomic E-state index is 13.0. The minimum Gasteiger partial charge on any atom is -0.398 e. The predicted octanol–water partition coefficient (Wildman–Crippen LogP) is 2.37. The summed E-state index contributed by atoms with van der Waals surface area (Å²) in [6.45, 7) is 0. The normalized spacial score (nSPS) is 11.3. The van der Waals surface area contributed by atoms with Crippen molar-refractivity contribution >= 4 is 28.8 Å². The average Bonchev–Trinajstić information content (AvgIpc) is 2.45. The van der Waals surface area contributed by atoms with E-state index in [4.69, 9.17) is 22.7 Å². The summed E-state index contributed by atoms with van der Waals surface area (Å²) in [5, 5.41) is 5.39. The number of hydrogen-bond acceptors (Lipinski definition) is 2. The van der Waals surface area contributed by atoms with E-state index in [2.05, 4.69) is 0 Å². The Labute approximate surface area is 129 Å². The van der Waals surface area contributed by atoms with Crippen LogP contribution in [0, 0.1) is 0 Å². The Morgan fingerprint density at radius 1 is 1.09 bits per heavy atom. The molecule has 2 aromatic carbocycles. The molecule has 0 bridgehead atoms. The lowest BCUT2D eigenvalue weighted by atomic mass is 9.95. The third kappa shape index (κ3) is 2.96. The van der Waals surface area contributed by atoms with Crippen molar-refractivity contribution in [3.63, 3.8) is 0 Å². The van der Waals surface area contributed by atoms with E-state index in [0.717, 1.165) is 12.1 Å². The van der Waals surface area contributed by atoms with Gasteiger partial charge in [0.15, 0.2) is 0 Å². The summed E-state index contributed by atoms with van der Waals surface area (Å²) >= 11 is 5.78. The molecule has 0 aliphatic heterocycles. The molecule has 0 aliphatic carbocycles. The van der Waals surface area contributed by atoms with Gasteiger partial charge in [-0.1, -0.05) is 29.8 Å². The number of nitrogens with two attached hydrogens (primary N) is 2. The second-order valence-electron chi connectivity index (χ2n) is 4.49. The van der Waals surface area contributed by atoms with Gasteiger partial charge in [-0.2, -0.15) is 13.2 Å². The van der Waals surface area contributed by atoms with Gasteiger partial charge in [0, 0.05) is 5.69 Å². The molecule has 4 N–H and O–H groups in total. The van der Waals surface area contributed by atoms with Crippen molar-refractivity contribution in [2.24, 2.45) is 0 Å². The maximum absolute atomic E-state index is 13.0. The largest absolute Gasteiger partial charge is 0.417 e. The Bertz CT molecular complexity index is 757. The number of benzene rings is 2. The fraction of sp³-hybridized carbons (Fsp3) is 0.0667. The van der Waals surface area contributed by atoms with Gasteiger partial charge in [-0.15, -0.1) is 0 Å². The molecule has 0 unspecified atom stereocenters. The van der Waals surface area contributed by atoms with Gasteiger partial charge in [0.1, 0.15) is 0 Å². The lowest BCUT2D eigenvalue weighted by Gasteiger charge is -2.12. The zero-order chi connectivity index (χ0) is 16.5. The van der Waals surface area contributed by atoms with Gasteiger partial charge in [0.05, 0.1) is 21.7 Å². The predicted molar refractivity (Wildman–Crippen MR) is 77.7 cm³/mol. The molecule has 0 spiro atoms. The van der Waals surface area contributed by atoms with E-state index in [9.17, 15) is 18.0 Å². The number of anilines is 1. The van der Waals surface area contributed by atoms with Crippen LogP contribution in [-0.2, 0) is 6.18 Å². The number of carbonyl (C=O) groups is 1. The van der Waals surface area contributed by atoms with E-state index in [1.807, 2.05) is 0 Å². The number of alkyl halides is 3. The van der Waals surface area contributed by atoms with Crippen LogP contribution in [0.4, 0.5) is 18.9 Å². The third-order valence-electron chi connectivity index (χ3n) is 3.04. The van der Waals surface area contributed by atoms with Crippen molar-refractivity contribution in [3.8, 4) is 0 Å². The number of nitrogen functional groups attached to an aromatic ring is 1. The van der Waals surface area contributed by atoms with Crippen LogP contribution in [0.15, 0.2) is 42.5 Å². The second-order valence-corrected chi connectivity index (χ2v) is 4.90. The zero-order valence-corrected chi connectivity index (χ0v) is 11.9. The quantitative estimate of drug-likeness (QED) is 0.516. The number of Topliss-reactive ketones (excluding diaryl/α,β-unsaturated/α-hetero) is 1. The van der Waals surface area contributed by atoms with Gasteiger partial charge >= 0.3 is 6.18 Å². The number of rotatable bonds is 3. The highest BCUT2D eigenvalue weighted by Gasteiger charge is 2.38. The molecule has 0 saturated carbocycles. The van der Waals surface area contributed by atoms with E-state index >= 15 is 0 Å². The Morgan fingerprint density at radius 2 is 1.73 bits per heavy atom. The molecule has 3 nitrogen and oxygen atoms in total. The number of carbonyl (C=O) groups excluding carboxylic acids is 1. The van der Waals surface area contributed by atoms with Crippen LogP contribution in [0.3, 0.4) is 0 Å². The first-order valence-corrected chi connectivity index (χ1v) is 6.49. The van der Waals surface area contributed by atoms with Crippen molar-refractivity contribution in [3.05, 3.63) is 64.2 Å². The molecule has 0 aliphatic rings. The van der Waals surface area contributed by atoms with Crippen LogP contribution in [0.25, 0.3) is 0 Å². The van der Waals surface area contributed by atoms with Crippen LogP contribution >= 0.6 is 11.6 Å². The lowest BCUT2D eigenvalue weighted by molar-refractivity contribution is -0.137. The SMILES string of the molecule is Nc1ccccc1C(=[NH2+])C(=O)c1c(Cl)cccc1C(F)(F)F. The number of ketones is 1. The smallest absolute Gasteiger partial charge is 0.398 e. The topological polar surface area (TPSA) is 68.7 Å². The second kappa shape index (κ2) is 5.81. The Morgan fingerprint density at radius 3 is 2.32 bits per heavy atom. The first-order valence-electron chi connectivity index (χ1n) is 6.11. The van der Waals surface area contributed by atoms with Crippen LogP contribution in [0.5, 0.6) is 0 Å². The van der Waals surface area contributed by atoms with Gasteiger partial charge in [-0.25, -0.2) is 0 Å². The molecular formula is C15H11ClF3N2O+. The van der Waals surface area contributed by atoms with E-state index < -0.39 is 28.8 Å². The lowest BCUT2D eigenvalue weighted by Crippen LogP contribution is -2.46. The molecule has 0 heterocycles. The first-order chi connectivity index (χ1) is 10.2. The summed E-state index contributed by atoms with van der Waals surface area (Å²) in [5.74, 6) is -1.02. The van der Waals surface area contributed by atoms with E-state index in [1.165, 1.54) is 18.2 Å². The monoisotopic (exact) mass is 327 g/mol. The summed E-state index contributed by atoms with van der Waals surface area (Å²) in [5.41, 5.74) is 3.84. The van der Waals surface area contributed by atoms with Crippen molar-refractivity contribution < 1.29 is 23.4 Å². The summed E-state index contributed by atoms with van der Waals surface area (Å²) < 4.78 is 39.1. The van der Waals surface area contributed by atoms with Crippen LogP contribution in [0.2, 0.25) is 5.02 Å². The highest BCUT2D eigenvalue weighted by molar-refractivity contribution is 6.52. The van der Waals surface area contributed by atoms with Gasteiger partial charge in [-0.3, -0.25) is 10.2 Å². The van der Waals surface area contributed by atoms with Crippen molar-refractivity contribution in [2.45, 2.75) is 6.18 Å². The molecule has 0 amide bonds. The molecule has 2 rings (SSSR count). The minimum atomic E-state index is -4.72. The molecule has 114 valence electrons. The molecule has 7 heteroatoms. The Kier molecular flexibility index (Phi) is 4.23. The van der Waals surface area contributed by atoms with Gasteiger partial charge in [0.25, 0.3) is 11.5 Å². The number of hydrogen-bond donors (Lipinski definition) is 2. The van der Waals surface area contributed by atoms with Crippen molar-refractivity contribution in [1.82, 2.24) is 0 Å². The molecule has 2 aromatic rings. The summed E-state index contributed by atoms with van der Waals surface area (Å²) in [7, 11) is 0. The van der Waals surface area contributed by atoms with E-state index in [-0.39, 0.29) is 16.3 Å². The minimum absolute atomic E-state index is 0.167. The average molecular weight is 328 g/mol. The van der Waals surface area contributed by atoms with Gasteiger partial charge in [-0.05, 0) is 24.3 Å². The molecule has 0 saturated heterocycles. The standard InChI is InChI=1S/C15H10ClF3N2O/c16-10-6-3-5-9(15(17,18)19)12(10)14(22)13(21)8-4-1-2-7-11(8)20/h1-7,21H,20H2/p+1. The van der Waals surface area contributed by atoms with Crippen LogP contribution < -0.4 is 11.1 Å². The highest BCUT2D eigenvalue weighted by Crippen LogP contribution is 2.35. The molecule has 0 fully saturated rings. The summed E-state index contributed by atoms with van der Waals surface area (Å²) in [4.78, 5) is 12.4. The zero-order valence-electron chi connectivity index (χ0n) is 11.1. The Balaban J connectivity index is 2.56. The van der Waals surface area contributed by atoms with Crippen LogP contribution in [0.1, 0.15) is 21.5 Å². The van der Waals surface area contributed by atoms with Gasteiger partial charge < -0.3 is 5.73 Å².